The summed E-state index contributed by atoms with van der Waals surface area (Å²) < 4.78 is 11.4. The maximum absolute atomic E-state index is 12.0. The summed E-state index contributed by atoms with van der Waals surface area (Å²) in [6, 6.07) is 12.6. The van der Waals surface area contributed by atoms with Gasteiger partial charge in [-0.1, -0.05) is 18.2 Å². The van der Waals surface area contributed by atoms with Crippen LogP contribution >= 0.6 is 0 Å². The zero-order chi connectivity index (χ0) is 19.8. The monoisotopic (exact) mass is 377 g/mol. The number of furan rings is 1. The van der Waals surface area contributed by atoms with E-state index in [1.807, 2.05) is 38.1 Å². The fourth-order valence-electron chi connectivity index (χ4n) is 3.43. The largest absolute Gasteiger partial charge is 0.491 e. The Morgan fingerprint density at radius 1 is 1.14 bits per heavy atom. The summed E-state index contributed by atoms with van der Waals surface area (Å²) in [6.45, 7) is 3.80. The first-order chi connectivity index (χ1) is 13.5. The molecule has 0 aliphatic carbocycles. The molecule has 2 aromatic carbocycles. The maximum Gasteiger partial charge on any atom is 0.336 e. The fourth-order valence-corrected chi connectivity index (χ4v) is 3.43. The lowest BCUT2D eigenvalue weighted by molar-refractivity contribution is 0.0699. The predicted molar refractivity (Wildman–Crippen MR) is 106 cm³/mol. The first-order valence-corrected chi connectivity index (χ1v) is 8.90. The second kappa shape index (κ2) is 6.98. The number of para-hydroxylation sites is 1. The molecule has 0 atom stereocenters. The molecular weight excluding hydrogens is 358 g/mol. The number of benzene rings is 2. The molecule has 2 N–H and O–H groups in total. The third kappa shape index (κ3) is 2.97. The summed E-state index contributed by atoms with van der Waals surface area (Å²) in [4.78, 5) is 16.7. The number of rotatable bonds is 5. The Morgan fingerprint density at radius 3 is 2.64 bits per heavy atom. The number of aryl methyl sites for hydroxylation is 2. The van der Waals surface area contributed by atoms with Crippen LogP contribution in [0.15, 0.2) is 46.9 Å². The van der Waals surface area contributed by atoms with Crippen LogP contribution in [-0.2, 0) is 0 Å². The van der Waals surface area contributed by atoms with Gasteiger partial charge in [-0.05, 0) is 43.7 Å². The van der Waals surface area contributed by atoms with Gasteiger partial charge in [-0.3, -0.25) is 0 Å². The average molecular weight is 377 g/mol. The van der Waals surface area contributed by atoms with Crippen LogP contribution in [0.3, 0.4) is 0 Å². The quantitative estimate of drug-likeness (QED) is 0.538. The third-order valence-electron chi connectivity index (χ3n) is 4.74. The minimum atomic E-state index is -1.05. The van der Waals surface area contributed by atoms with Crippen LogP contribution < -0.4 is 4.74 Å². The van der Waals surface area contributed by atoms with Crippen molar-refractivity contribution >= 4 is 27.8 Å². The summed E-state index contributed by atoms with van der Waals surface area (Å²) >= 11 is 0. The Kier molecular flexibility index (Phi) is 4.49. The number of pyridine rings is 1. The van der Waals surface area contributed by atoms with Gasteiger partial charge in [0, 0.05) is 16.3 Å². The van der Waals surface area contributed by atoms with Crippen molar-refractivity contribution in [2.45, 2.75) is 13.8 Å². The number of carbonyl (C=O) groups is 1. The van der Waals surface area contributed by atoms with Crippen LogP contribution in [0, 0.1) is 13.8 Å². The summed E-state index contributed by atoms with van der Waals surface area (Å²) in [7, 11) is 0. The van der Waals surface area contributed by atoms with Gasteiger partial charge >= 0.3 is 5.97 Å². The number of fused-ring (bicyclic) bond motifs is 2. The highest BCUT2D eigenvalue weighted by molar-refractivity contribution is 6.05. The van der Waals surface area contributed by atoms with Gasteiger partial charge in [0.05, 0.1) is 17.7 Å². The van der Waals surface area contributed by atoms with Crippen LogP contribution in [-0.4, -0.2) is 34.4 Å². The lowest BCUT2D eigenvalue weighted by Gasteiger charge is -2.11. The zero-order valence-corrected chi connectivity index (χ0v) is 15.5. The number of aliphatic hydroxyl groups excluding tert-OH is 1. The minimum Gasteiger partial charge on any atom is -0.491 e. The molecule has 2 aromatic heterocycles. The van der Waals surface area contributed by atoms with E-state index in [2.05, 4.69) is 0 Å². The van der Waals surface area contributed by atoms with Crippen molar-refractivity contribution in [2.24, 2.45) is 0 Å². The molecule has 4 rings (SSSR count). The normalized spacial score (nSPS) is 11.2. The van der Waals surface area contributed by atoms with Gasteiger partial charge in [0.1, 0.15) is 23.6 Å². The lowest BCUT2D eigenvalue weighted by Crippen LogP contribution is -2.04. The smallest absolute Gasteiger partial charge is 0.336 e. The van der Waals surface area contributed by atoms with E-state index in [9.17, 15) is 9.90 Å². The number of carboxylic acids is 1. The van der Waals surface area contributed by atoms with Gasteiger partial charge in [0.25, 0.3) is 0 Å². The van der Waals surface area contributed by atoms with Crippen molar-refractivity contribution in [1.82, 2.24) is 4.98 Å². The third-order valence-corrected chi connectivity index (χ3v) is 4.74. The average Bonchev–Trinajstić information content (AvgIpc) is 3.02. The molecule has 0 aliphatic rings. The molecule has 0 saturated heterocycles. The van der Waals surface area contributed by atoms with E-state index in [4.69, 9.17) is 19.2 Å². The number of hydrogen-bond acceptors (Lipinski definition) is 5. The van der Waals surface area contributed by atoms with Crippen molar-refractivity contribution in [2.75, 3.05) is 13.2 Å². The van der Waals surface area contributed by atoms with Crippen LogP contribution in [0.2, 0.25) is 0 Å². The lowest BCUT2D eigenvalue weighted by atomic mass is 10.0. The molecule has 2 heterocycles. The Bertz CT molecular complexity index is 1210. The molecule has 0 bridgehead atoms. The molecule has 0 fully saturated rings. The SMILES string of the molecule is Cc1c(-c2cc(C(=O)O)c3cc(OCCO)cc(C)c3n2)oc2ccccc12. The van der Waals surface area contributed by atoms with E-state index in [1.54, 1.807) is 12.1 Å². The van der Waals surface area contributed by atoms with Crippen LogP contribution in [0.25, 0.3) is 33.3 Å². The molecule has 0 radical (unpaired) electrons. The number of aliphatic hydroxyl groups is 1. The molecule has 28 heavy (non-hydrogen) atoms. The molecule has 0 saturated carbocycles. The molecule has 0 spiro atoms. The molecule has 6 heteroatoms. The first kappa shape index (κ1) is 18.0. The Hall–Kier alpha value is -3.38. The van der Waals surface area contributed by atoms with Crippen molar-refractivity contribution in [3.8, 4) is 17.2 Å². The van der Waals surface area contributed by atoms with E-state index in [-0.39, 0.29) is 18.8 Å². The van der Waals surface area contributed by atoms with Gasteiger partial charge in [-0.15, -0.1) is 0 Å². The minimum absolute atomic E-state index is 0.120. The van der Waals surface area contributed by atoms with E-state index < -0.39 is 5.97 Å². The van der Waals surface area contributed by atoms with Crippen LogP contribution in [0.1, 0.15) is 21.5 Å². The summed E-state index contributed by atoms with van der Waals surface area (Å²) in [6.07, 6.45) is 0. The molecular formula is C22H19NO5. The standard InChI is InChI=1S/C22H19NO5/c1-12-9-14(27-8-7-24)10-16-17(22(25)26)11-18(23-20(12)16)21-13(2)15-5-3-4-6-19(15)28-21/h3-6,9-11,24H,7-8H2,1-2H3,(H,25,26). The van der Waals surface area contributed by atoms with Crippen molar-refractivity contribution in [3.63, 3.8) is 0 Å². The number of nitrogens with zero attached hydrogens (tertiary/aromatic N) is 1. The van der Waals surface area contributed by atoms with Crippen molar-refractivity contribution in [1.29, 1.82) is 0 Å². The van der Waals surface area contributed by atoms with Gasteiger partial charge in [-0.2, -0.15) is 0 Å². The number of ether oxygens (including phenoxy) is 1. The summed E-state index contributed by atoms with van der Waals surface area (Å²) in [5, 5.41) is 20.2. The van der Waals surface area contributed by atoms with Crippen LogP contribution in [0.4, 0.5) is 0 Å². The molecule has 142 valence electrons. The highest BCUT2D eigenvalue weighted by Gasteiger charge is 2.19. The van der Waals surface area contributed by atoms with Crippen LogP contribution in [0.5, 0.6) is 5.75 Å². The van der Waals surface area contributed by atoms with Crippen molar-refractivity contribution < 1.29 is 24.2 Å². The van der Waals surface area contributed by atoms with E-state index in [0.717, 1.165) is 22.1 Å². The Balaban J connectivity index is 1.96. The van der Waals surface area contributed by atoms with Gasteiger partial charge in [0.2, 0.25) is 0 Å². The topological polar surface area (TPSA) is 92.8 Å². The molecule has 4 aromatic rings. The van der Waals surface area contributed by atoms with Gasteiger partial charge in [-0.25, -0.2) is 9.78 Å². The molecule has 0 aliphatic heterocycles. The second-order valence-corrected chi connectivity index (χ2v) is 6.62. The summed E-state index contributed by atoms with van der Waals surface area (Å²) in [5.74, 6) is 0.00254. The maximum atomic E-state index is 12.0. The van der Waals surface area contributed by atoms with E-state index in [1.165, 1.54) is 6.07 Å². The molecule has 0 amide bonds. The number of aromatic carboxylic acids is 1. The second-order valence-electron chi connectivity index (χ2n) is 6.62. The number of hydrogen-bond donors (Lipinski definition) is 2. The fraction of sp³-hybridized carbons (Fsp3) is 0.182. The highest BCUT2D eigenvalue weighted by Crippen LogP contribution is 2.35. The number of aromatic nitrogens is 1. The van der Waals surface area contributed by atoms with E-state index >= 15 is 0 Å². The van der Waals surface area contributed by atoms with Gasteiger partial charge in [0.15, 0.2) is 5.76 Å². The van der Waals surface area contributed by atoms with Gasteiger partial charge < -0.3 is 19.4 Å². The van der Waals surface area contributed by atoms with Crippen molar-refractivity contribution in [3.05, 3.63) is 59.2 Å². The molecule has 6 nitrogen and oxygen atoms in total. The predicted octanol–water partition coefficient (Wildman–Crippen LogP) is 4.33. The number of carboxylic acid groups (broad SMARTS) is 1. The Labute approximate surface area is 161 Å². The first-order valence-electron chi connectivity index (χ1n) is 8.90. The highest BCUT2D eigenvalue weighted by atomic mass is 16.5. The Morgan fingerprint density at radius 2 is 1.93 bits per heavy atom. The van der Waals surface area contributed by atoms with E-state index in [0.29, 0.717) is 28.1 Å². The summed E-state index contributed by atoms with van der Waals surface area (Å²) in [5.41, 5.74) is 3.61. The zero-order valence-electron chi connectivity index (χ0n) is 15.5. The molecule has 0 unspecified atom stereocenters.